The van der Waals surface area contributed by atoms with Gasteiger partial charge in [-0.3, -0.25) is 23.6 Å². The Bertz CT molecular complexity index is 939. The third-order valence-corrected chi connectivity index (χ3v) is 8.13. The largest absolute Gasteiger partial charge is 0.459 e. The van der Waals surface area contributed by atoms with E-state index in [9.17, 15) is 9.36 Å². The quantitative estimate of drug-likeness (QED) is 0.208. The molecule has 3 rings (SSSR count). The molecule has 2 aliphatic rings. The minimum Gasteiger partial charge on any atom is -0.459 e. The van der Waals surface area contributed by atoms with E-state index in [0.717, 1.165) is 57.8 Å². The third kappa shape index (κ3) is 9.07. The molecule has 0 amide bonds. The lowest BCUT2D eigenvalue weighted by atomic mass is 10.0. The van der Waals surface area contributed by atoms with E-state index in [0.29, 0.717) is 18.2 Å². The molecule has 0 aliphatic carbocycles. The van der Waals surface area contributed by atoms with Crippen LogP contribution in [-0.4, -0.2) is 92.3 Å². The van der Waals surface area contributed by atoms with Gasteiger partial charge in [-0.15, -0.1) is 0 Å². The number of carbonyl (C=O) groups is 1. The predicted molar refractivity (Wildman–Crippen MR) is 147 cm³/mol. The number of nitrogens with two attached hydrogens (primary N) is 1. The summed E-state index contributed by atoms with van der Waals surface area (Å²) in [5.41, 5.74) is 7.47. The summed E-state index contributed by atoms with van der Waals surface area (Å²) >= 11 is 0. The number of hydrogen-bond donors (Lipinski definition) is 1. The molecule has 1 aromatic carbocycles. The van der Waals surface area contributed by atoms with Crippen LogP contribution in [0.3, 0.4) is 0 Å². The number of ether oxygens (including phenoxy) is 1. The normalized spacial score (nSPS) is 19.3. The maximum Gasteiger partial charge on any atom is 0.455 e. The molecule has 2 saturated heterocycles. The van der Waals surface area contributed by atoms with E-state index in [1.807, 2.05) is 45.0 Å². The van der Waals surface area contributed by atoms with Crippen molar-refractivity contribution < 1.29 is 23.1 Å². The summed E-state index contributed by atoms with van der Waals surface area (Å²) in [4.78, 5) is 19.3. The molecule has 0 unspecified atom stereocenters. The fourth-order valence-corrected chi connectivity index (χ4v) is 6.02. The first-order valence-corrected chi connectivity index (χ1v) is 14.8. The van der Waals surface area contributed by atoms with Crippen LogP contribution in [0.15, 0.2) is 29.0 Å². The number of piperazine rings is 1. The summed E-state index contributed by atoms with van der Waals surface area (Å²) in [5, 5.41) is 0. The molecule has 2 aliphatic heterocycles. The zero-order chi connectivity index (χ0) is 27.1. The van der Waals surface area contributed by atoms with Crippen LogP contribution in [0.4, 0.5) is 5.69 Å². The highest BCUT2D eigenvalue weighted by molar-refractivity contribution is 7.52. The highest BCUT2D eigenvalue weighted by Crippen LogP contribution is 2.49. The molecule has 0 spiro atoms. The molecule has 0 atom stereocenters. The van der Waals surface area contributed by atoms with Crippen molar-refractivity contribution >= 4 is 25.2 Å². The molecule has 2 fully saturated rings. The number of hydrogen-bond acceptors (Lipinski definition) is 8. The second kappa shape index (κ2) is 13.2. The molecule has 2 N–H and O–H groups in total. The maximum absolute atomic E-state index is 12.6. The predicted octanol–water partition coefficient (Wildman–Crippen LogP) is 3.50. The van der Waals surface area contributed by atoms with Crippen molar-refractivity contribution in [3.05, 3.63) is 29.8 Å². The first-order chi connectivity index (χ1) is 17.5. The zero-order valence-electron chi connectivity index (χ0n) is 23.0. The van der Waals surface area contributed by atoms with Crippen molar-refractivity contribution in [1.82, 2.24) is 9.80 Å². The third-order valence-electron chi connectivity index (χ3n) is 6.50. The van der Waals surface area contributed by atoms with E-state index in [1.165, 1.54) is 0 Å². The highest BCUT2D eigenvalue weighted by atomic mass is 31.2. The molecule has 2 heterocycles. The first-order valence-electron chi connectivity index (χ1n) is 13.3. The SMILES string of the molecule is CCOP(=O)(N=C(N)c1ccc(N2CCN(C3CCN(CC(=O)OC(C)(C)C)CC3)CC2)cc1)OCC. The first kappa shape index (κ1) is 29.6. The van der Waals surface area contributed by atoms with E-state index >= 15 is 0 Å². The van der Waals surface area contributed by atoms with Crippen molar-refractivity contribution in [1.29, 1.82) is 0 Å². The fourth-order valence-electron chi connectivity index (χ4n) is 4.80. The molecular formula is C26H44N5O5P. The summed E-state index contributed by atoms with van der Waals surface area (Å²) in [6, 6.07) is 8.39. The minimum absolute atomic E-state index is 0.139. The van der Waals surface area contributed by atoms with Crippen molar-refractivity contribution in [2.75, 3.05) is 63.9 Å². The van der Waals surface area contributed by atoms with Gasteiger partial charge in [0.2, 0.25) is 0 Å². The number of benzene rings is 1. The number of carbonyl (C=O) groups excluding carboxylic acids is 1. The van der Waals surface area contributed by atoms with Gasteiger partial charge in [-0.25, -0.2) is 4.57 Å². The number of nitrogens with zero attached hydrogens (tertiary/aromatic N) is 4. The Kier molecular flexibility index (Phi) is 10.6. The number of amidine groups is 1. The molecule has 1 aromatic rings. The van der Waals surface area contributed by atoms with Gasteiger partial charge in [0.15, 0.2) is 0 Å². The molecule has 0 radical (unpaired) electrons. The number of rotatable bonds is 10. The monoisotopic (exact) mass is 537 g/mol. The average Bonchev–Trinajstić information content (AvgIpc) is 2.84. The van der Waals surface area contributed by atoms with Crippen molar-refractivity contribution in [2.45, 2.75) is 59.1 Å². The topological polar surface area (TPSA) is 110 Å². The highest BCUT2D eigenvalue weighted by Gasteiger charge is 2.29. The van der Waals surface area contributed by atoms with Crippen LogP contribution < -0.4 is 10.6 Å². The summed E-state index contributed by atoms with van der Waals surface area (Å²) in [7, 11) is -3.60. The fraction of sp³-hybridized carbons (Fsp3) is 0.692. The van der Waals surface area contributed by atoms with Crippen LogP contribution in [0, 0.1) is 0 Å². The number of esters is 1. The Hall–Kier alpha value is -1.97. The van der Waals surface area contributed by atoms with Gasteiger partial charge in [-0.2, -0.15) is 4.76 Å². The van der Waals surface area contributed by atoms with Crippen LogP contribution in [0.2, 0.25) is 0 Å². The van der Waals surface area contributed by atoms with Crippen LogP contribution >= 0.6 is 7.75 Å². The summed E-state index contributed by atoms with van der Waals surface area (Å²) < 4.78 is 32.6. The Balaban J connectivity index is 1.47. The second-order valence-electron chi connectivity index (χ2n) is 10.5. The molecule has 11 heteroatoms. The molecular weight excluding hydrogens is 493 g/mol. The lowest BCUT2D eigenvalue weighted by Crippen LogP contribution is -2.53. The van der Waals surface area contributed by atoms with Gasteiger partial charge in [-0.05, 0) is 71.7 Å². The Morgan fingerprint density at radius 1 is 1.00 bits per heavy atom. The molecule has 208 valence electrons. The standard InChI is InChI=1S/C26H44N5O5P/c1-6-34-37(33,35-7-2)28-25(27)21-8-10-22(11-9-21)30-16-18-31(19-17-30)23-12-14-29(15-13-23)20-24(32)36-26(3,4)5/h8-11,23H,6-7,12-20H2,1-5H3,(H2,27,28,33). The smallest absolute Gasteiger partial charge is 0.455 e. The molecule has 0 aromatic heterocycles. The lowest BCUT2D eigenvalue weighted by Gasteiger charge is -2.43. The number of piperidine rings is 1. The van der Waals surface area contributed by atoms with Gasteiger partial charge < -0.3 is 15.4 Å². The van der Waals surface area contributed by atoms with Gasteiger partial charge in [-0.1, -0.05) is 0 Å². The summed E-state index contributed by atoms with van der Waals surface area (Å²) in [6.45, 7) is 15.8. The van der Waals surface area contributed by atoms with Crippen LogP contribution in [-0.2, 0) is 23.1 Å². The van der Waals surface area contributed by atoms with E-state index in [4.69, 9.17) is 19.5 Å². The second-order valence-corrected chi connectivity index (χ2v) is 12.1. The molecule has 0 saturated carbocycles. The molecule has 37 heavy (non-hydrogen) atoms. The summed E-state index contributed by atoms with van der Waals surface area (Å²) in [5.74, 6) is -0.00387. The van der Waals surface area contributed by atoms with E-state index in [1.54, 1.807) is 13.8 Å². The van der Waals surface area contributed by atoms with Gasteiger partial charge in [0.05, 0.1) is 19.8 Å². The van der Waals surface area contributed by atoms with Crippen molar-refractivity contribution in [3.8, 4) is 0 Å². The number of anilines is 1. The zero-order valence-corrected chi connectivity index (χ0v) is 23.9. The Morgan fingerprint density at radius 3 is 2.08 bits per heavy atom. The molecule has 10 nitrogen and oxygen atoms in total. The van der Waals surface area contributed by atoms with Crippen molar-refractivity contribution in [3.63, 3.8) is 0 Å². The van der Waals surface area contributed by atoms with Gasteiger partial charge in [0.25, 0.3) is 0 Å². The van der Waals surface area contributed by atoms with E-state index in [2.05, 4.69) is 19.5 Å². The van der Waals surface area contributed by atoms with E-state index < -0.39 is 13.3 Å². The van der Waals surface area contributed by atoms with Crippen molar-refractivity contribution in [2.24, 2.45) is 10.5 Å². The summed E-state index contributed by atoms with van der Waals surface area (Å²) in [6.07, 6.45) is 2.15. The van der Waals surface area contributed by atoms with Crippen LogP contribution in [0.25, 0.3) is 0 Å². The Labute approximate surface area is 221 Å². The Morgan fingerprint density at radius 2 is 1.57 bits per heavy atom. The average molecular weight is 538 g/mol. The number of likely N-dealkylation sites (tertiary alicyclic amines) is 1. The van der Waals surface area contributed by atoms with Crippen LogP contribution in [0.5, 0.6) is 0 Å². The van der Waals surface area contributed by atoms with Crippen LogP contribution in [0.1, 0.15) is 53.0 Å². The minimum atomic E-state index is -3.60. The van der Waals surface area contributed by atoms with Gasteiger partial charge >= 0.3 is 13.7 Å². The lowest BCUT2D eigenvalue weighted by molar-refractivity contribution is -0.156. The van der Waals surface area contributed by atoms with E-state index in [-0.39, 0.29) is 25.0 Å². The van der Waals surface area contributed by atoms with Gasteiger partial charge in [0, 0.05) is 56.6 Å². The van der Waals surface area contributed by atoms with Gasteiger partial charge in [0.1, 0.15) is 11.4 Å². The maximum atomic E-state index is 12.6. The molecule has 0 bridgehead atoms.